The third-order valence-electron chi connectivity index (χ3n) is 5.08. The lowest BCUT2D eigenvalue weighted by Gasteiger charge is -2.25. The molecule has 0 radical (unpaired) electrons. The number of hydrazone groups is 1. The monoisotopic (exact) mass is 397 g/mol. The topological polar surface area (TPSA) is 53.0 Å². The van der Waals surface area contributed by atoms with Crippen LogP contribution in [0.3, 0.4) is 0 Å². The maximum absolute atomic E-state index is 12.5. The van der Waals surface area contributed by atoms with Crippen LogP contribution in [0.25, 0.3) is 0 Å². The molecule has 0 aliphatic carbocycles. The summed E-state index contributed by atoms with van der Waals surface area (Å²) in [6, 6.07) is 17.2. The fourth-order valence-electron chi connectivity index (χ4n) is 3.17. The second kappa shape index (κ2) is 9.02. The molecule has 28 heavy (non-hydrogen) atoms. The van der Waals surface area contributed by atoms with E-state index in [9.17, 15) is 9.59 Å². The van der Waals surface area contributed by atoms with E-state index in [1.54, 1.807) is 11.9 Å². The molecule has 1 unspecified atom stereocenters. The molecular weight excluding hydrogens is 374 g/mol. The summed E-state index contributed by atoms with van der Waals surface area (Å²) in [4.78, 5) is 26.6. The minimum absolute atomic E-state index is 0.0674. The molecule has 0 bridgehead atoms. The van der Waals surface area contributed by atoms with Crippen LogP contribution < -0.4 is 0 Å². The van der Waals surface area contributed by atoms with E-state index in [-0.39, 0.29) is 30.7 Å². The van der Waals surface area contributed by atoms with Crippen molar-refractivity contribution in [2.45, 2.75) is 32.2 Å². The highest BCUT2D eigenvalue weighted by molar-refractivity contribution is 6.30. The van der Waals surface area contributed by atoms with Crippen LogP contribution in [0.5, 0.6) is 0 Å². The zero-order valence-electron chi connectivity index (χ0n) is 16.1. The highest BCUT2D eigenvalue weighted by atomic mass is 35.5. The number of nitrogens with zero attached hydrogens (tertiary/aromatic N) is 3. The molecular formula is C22H24ClN3O2. The molecule has 2 aromatic rings. The first-order valence-electron chi connectivity index (χ1n) is 9.40. The summed E-state index contributed by atoms with van der Waals surface area (Å²) in [5.41, 5.74) is 2.95. The van der Waals surface area contributed by atoms with Gasteiger partial charge in [0.1, 0.15) is 0 Å². The standard InChI is InChI=1S/C22H24ClN3O2/c1-16(17-8-10-19(23)11-9-17)25(2)21(27)12-13-22(28)26-15-14-20(24-26)18-6-4-3-5-7-18/h3-11,16H,12-15H2,1-2H3. The molecule has 2 amide bonds. The fourth-order valence-corrected chi connectivity index (χ4v) is 3.30. The van der Waals surface area contributed by atoms with Crippen molar-refractivity contribution in [2.75, 3.05) is 13.6 Å². The quantitative estimate of drug-likeness (QED) is 0.730. The summed E-state index contributed by atoms with van der Waals surface area (Å²) >= 11 is 5.92. The summed E-state index contributed by atoms with van der Waals surface area (Å²) in [7, 11) is 1.76. The first-order valence-corrected chi connectivity index (χ1v) is 9.78. The van der Waals surface area contributed by atoms with E-state index in [4.69, 9.17) is 11.6 Å². The van der Waals surface area contributed by atoms with E-state index < -0.39 is 0 Å². The van der Waals surface area contributed by atoms with Gasteiger partial charge in [-0.15, -0.1) is 0 Å². The number of rotatable bonds is 6. The second-order valence-electron chi connectivity index (χ2n) is 6.91. The average Bonchev–Trinajstić information content (AvgIpc) is 3.22. The van der Waals surface area contributed by atoms with E-state index in [1.165, 1.54) is 5.01 Å². The van der Waals surface area contributed by atoms with Crippen LogP contribution in [0.15, 0.2) is 59.7 Å². The first kappa shape index (κ1) is 20.1. The lowest BCUT2D eigenvalue weighted by atomic mass is 10.1. The van der Waals surface area contributed by atoms with Gasteiger partial charge >= 0.3 is 0 Å². The largest absolute Gasteiger partial charge is 0.339 e. The Hall–Kier alpha value is -2.66. The lowest BCUT2D eigenvalue weighted by molar-refractivity contribution is -0.137. The predicted molar refractivity (Wildman–Crippen MR) is 111 cm³/mol. The molecule has 0 saturated carbocycles. The Bertz CT molecular complexity index is 865. The van der Waals surface area contributed by atoms with E-state index in [0.717, 1.165) is 23.3 Å². The number of carbonyl (C=O) groups excluding carboxylic acids is 2. The molecule has 1 atom stereocenters. The Balaban J connectivity index is 1.53. The molecule has 5 nitrogen and oxygen atoms in total. The van der Waals surface area contributed by atoms with E-state index in [2.05, 4.69) is 5.10 Å². The molecule has 3 rings (SSSR count). The number of hydrogen-bond acceptors (Lipinski definition) is 3. The molecule has 6 heteroatoms. The first-order chi connectivity index (χ1) is 13.5. The van der Waals surface area contributed by atoms with E-state index in [1.807, 2.05) is 61.5 Å². The van der Waals surface area contributed by atoms with Crippen molar-refractivity contribution in [2.24, 2.45) is 5.10 Å². The Morgan fingerprint density at radius 2 is 1.79 bits per heavy atom. The summed E-state index contributed by atoms with van der Waals surface area (Å²) in [6.45, 7) is 2.52. The summed E-state index contributed by atoms with van der Waals surface area (Å²) in [5.74, 6) is -0.186. The van der Waals surface area contributed by atoms with Gasteiger partial charge in [0, 0.05) is 31.3 Å². The number of amides is 2. The van der Waals surface area contributed by atoms with E-state index in [0.29, 0.717) is 11.6 Å². The molecule has 0 saturated heterocycles. The van der Waals surface area contributed by atoms with E-state index >= 15 is 0 Å². The van der Waals surface area contributed by atoms with Gasteiger partial charge in [0.2, 0.25) is 11.8 Å². The third kappa shape index (κ3) is 4.78. The molecule has 0 fully saturated rings. The molecule has 2 aromatic carbocycles. The molecule has 1 aliphatic rings. The van der Waals surface area contributed by atoms with Crippen molar-refractivity contribution in [3.63, 3.8) is 0 Å². The molecule has 0 aromatic heterocycles. The average molecular weight is 398 g/mol. The number of hydrogen-bond donors (Lipinski definition) is 0. The zero-order valence-corrected chi connectivity index (χ0v) is 16.9. The van der Waals surface area contributed by atoms with Gasteiger partial charge in [-0.3, -0.25) is 9.59 Å². The van der Waals surface area contributed by atoms with Gasteiger partial charge in [-0.05, 0) is 30.2 Å². The van der Waals surface area contributed by atoms with Gasteiger partial charge in [0.25, 0.3) is 0 Å². The van der Waals surface area contributed by atoms with Crippen molar-refractivity contribution >= 4 is 29.1 Å². The molecule has 146 valence electrons. The fraction of sp³-hybridized carbons (Fsp3) is 0.318. The number of benzene rings is 2. The molecule has 1 aliphatic heterocycles. The summed E-state index contributed by atoms with van der Waals surface area (Å²) < 4.78 is 0. The van der Waals surface area contributed by atoms with Crippen LogP contribution in [0, 0.1) is 0 Å². The Kier molecular flexibility index (Phi) is 6.47. The highest BCUT2D eigenvalue weighted by Gasteiger charge is 2.23. The molecule has 1 heterocycles. The van der Waals surface area contributed by atoms with Gasteiger partial charge in [-0.2, -0.15) is 5.10 Å². The second-order valence-corrected chi connectivity index (χ2v) is 7.35. The smallest absolute Gasteiger partial charge is 0.243 e. The Labute approximate surface area is 170 Å². The normalized spacial score (nSPS) is 14.5. The van der Waals surface area contributed by atoms with Crippen molar-refractivity contribution in [1.29, 1.82) is 0 Å². The van der Waals surface area contributed by atoms with Crippen molar-refractivity contribution in [3.8, 4) is 0 Å². The van der Waals surface area contributed by atoms with Crippen LogP contribution in [0.4, 0.5) is 0 Å². The van der Waals surface area contributed by atoms with Crippen molar-refractivity contribution in [3.05, 3.63) is 70.7 Å². The van der Waals surface area contributed by atoms with Gasteiger partial charge in [-0.25, -0.2) is 5.01 Å². The predicted octanol–water partition coefficient (Wildman–Crippen LogP) is 4.28. The van der Waals surface area contributed by atoms with Gasteiger partial charge in [0.05, 0.1) is 18.3 Å². The summed E-state index contributed by atoms with van der Waals surface area (Å²) in [6.07, 6.45) is 1.05. The van der Waals surface area contributed by atoms with Gasteiger partial charge < -0.3 is 4.90 Å². The zero-order chi connectivity index (χ0) is 20.1. The minimum Gasteiger partial charge on any atom is -0.339 e. The number of halogens is 1. The van der Waals surface area contributed by atoms with Gasteiger partial charge in [0.15, 0.2) is 0 Å². The van der Waals surface area contributed by atoms with Crippen molar-refractivity contribution in [1.82, 2.24) is 9.91 Å². The maximum Gasteiger partial charge on any atom is 0.243 e. The lowest BCUT2D eigenvalue weighted by Crippen LogP contribution is -2.31. The minimum atomic E-state index is -0.119. The third-order valence-corrected chi connectivity index (χ3v) is 5.33. The number of carbonyl (C=O) groups is 2. The van der Waals surface area contributed by atoms with Crippen LogP contribution in [0.1, 0.15) is 43.4 Å². The Morgan fingerprint density at radius 1 is 1.11 bits per heavy atom. The van der Waals surface area contributed by atoms with Gasteiger partial charge in [-0.1, -0.05) is 54.1 Å². The van der Waals surface area contributed by atoms with Crippen LogP contribution >= 0.6 is 11.6 Å². The molecule has 0 N–H and O–H groups in total. The summed E-state index contributed by atoms with van der Waals surface area (Å²) in [5, 5.41) is 6.58. The maximum atomic E-state index is 12.5. The molecule has 0 spiro atoms. The van der Waals surface area contributed by atoms with Crippen LogP contribution in [-0.4, -0.2) is 41.0 Å². The van der Waals surface area contributed by atoms with Crippen LogP contribution in [-0.2, 0) is 9.59 Å². The Morgan fingerprint density at radius 3 is 2.46 bits per heavy atom. The highest BCUT2D eigenvalue weighted by Crippen LogP contribution is 2.22. The SMILES string of the molecule is CC(c1ccc(Cl)cc1)N(C)C(=O)CCC(=O)N1CCC(c2ccccc2)=N1. The van der Waals surface area contributed by atoms with Crippen LogP contribution in [0.2, 0.25) is 5.02 Å². The van der Waals surface area contributed by atoms with Crippen molar-refractivity contribution < 1.29 is 9.59 Å².